The summed E-state index contributed by atoms with van der Waals surface area (Å²) in [5, 5.41) is 0. The first-order chi connectivity index (χ1) is 14.2. The van der Waals surface area contributed by atoms with Crippen molar-refractivity contribution in [2.24, 2.45) is 11.8 Å². The standard InChI is InChI=1S/C23H26.C4H10.C2H6/c1-3-20(4-2)22-15-19(14-18-10-6-5-7-11-18)16-23(17-22)21-12-8-9-13-21;1-3-4-2;1-2/h3,5-13,16-17,21-22H,4,14-15H2,1-2H3;3-4H2,1-2H3;1-2H3/b20-3+;;. The van der Waals surface area contributed by atoms with Gasteiger partial charge in [0.15, 0.2) is 0 Å². The Morgan fingerprint density at radius 2 is 1.59 bits per heavy atom. The third-order valence-corrected chi connectivity index (χ3v) is 5.41. The van der Waals surface area contributed by atoms with Crippen LogP contribution in [0.2, 0.25) is 0 Å². The van der Waals surface area contributed by atoms with Crippen LogP contribution in [0, 0.1) is 11.8 Å². The average Bonchev–Trinajstić information content (AvgIpc) is 3.32. The predicted octanol–water partition coefficient (Wildman–Crippen LogP) is 9.03. The molecule has 0 aliphatic heterocycles. The van der Waals surface area contributed by atoms with E-state index in [-0.39, 0.29) is 0 Å². The Morgan fingerprint density at radius 3 is 2.10 bits per heavy atom. The van der Waals surface area contributed by atoms with Gasteiger partial charge in [0, 0.05) is 11.8 Å². The molecule has 29 heavy (non-hydrogen) atoms. The van der Waals surface area contributed by atoms with Crippen molar-refractivity contribution in [1.29, 1.82) is 0 Å². The molecule has 0 aromatic heterocycles. The fourth-order valence-electron chi connectivity index (χ4n) is 3.68. The van der Waals surface area contributed by atoms with Crippen molar-refractivity contribution in [3.8, 4) is 0 Å². The summed E-state index contributed by atoms with van der Waals surface area (Å²) in [5.41, 5.74) is 5.99. The smallest absolute Gasteiger partial charge is 0.0201 e. The van der Waals surface area contributed by atoms with Gasteiger partial charge in [-0.2, -0.15) is 0 Å². The molecule has 0 saturated carbocycles. The fraction of sp³-hybridized carbons (Fsp3) is 0.448. The zero-order valence-electron chi connectivity index (χ0n) is 19.6. The minimum atomic E-state index is 0.457. The molecule has 0 heteroatoms. The van der Waals surface area contributed by atoms with Crippen molar-refractivity contribution in [1.82, 2.24) is 0 Å². The van der Waals surface area contributed by atoms with Crippen LogP contribution in [0.15, 0.2) is 89.6 Å². The molecule has 1 aromatic carbocycles. The van der Waals surface area contributed by atoms with E-state index in [9.17, 15) is 0 Å². The van der Waals surface area contributed by atoms with E-state index < -0.39 is 0 Å². The van der Waals surface area contributed by atoms with Crippen LogP contribution in [-0.2, 0) is 6.42 Å². The first kappa shape index (κ1) is 25.0. The average molecular weight is 391 g/mol. The van der Waals surface area contributed by atoms with Crippen LogP contribution < -0.4 is 0 Å². The maximum Gasteiger partial charge on any atom is 0.0201 e. The van der Waals surface area contributed by atoms with Gasteiger partial charge in [0.25, 0.3) is 0 Å². The SMILES string of the molecule is C/C=C(\CC)C1C=C(C2C=CC=C2)C=C(Cc2ccccc2)C1.CC.CCCC. The second kappa shape index (κ2) is 14.9. The molecule has 0 fully saturated rings. The van der Waals surface area contributed by atoms with Crippen molar-refractivity contribution in [3.05, 3.63) is 95.1 Å². The van der Waals surface area contributed by atoms with E-state index in [1.165, 1.54) is 24.0 Å². The third-order valence-electron chi connectivity index (χ3n) is 5.41. The minimum absolute atomic E-state index is 0.457. The molecule has 0 nitrogen and oxygen atoms in total. The molecule has 158 valence electrons. The molecule has 0 radical (unpaired) electrons. The summed E-state index contributed by atoms with van der Waals surface area (Å²) in [6.07, 6.45) is 22.2. The molecule has 2 aliphatic rings. The number of hydrogen-bond acceptors (Lipinski definition) is 0. The zero-order valence-corrected chi connectivity index (χ0v) is 19.6. The number of allylic oxidation sites excluding steroid dienone is 10. The van der Waals surface area contributed by atoms with Crippen LogP contribution in [0.1, 0.15) is 72.8 Å². The summed E-state index contributed by atoms with van der Waals surface area (Å²) in [6.45, 7) is 12.8. The summed E-state index contributed by atoms with van der Waals surface area (Å²) in [5.74, 6) is 1.02. The van der Waals surface area contributed by atoms with Crippen LogP contribution in [-0.4, -0.2) is 0 Å². The van der Waals surface area contributed by atoms with Crippen molar-refractivity contribution in [3.63, 3.8) is 0 Å². The lowest BCUT2D eigenvalue weighted by Gasteiger charge is -2.25. The Balaban J connectivity index is 0.000000627. The van der Waals surface area contributed by atoms with E-state index in [0.29, 0.717) is 11.8 Å². The molecule has 0 saturated heterocycles. The summed E-state index contributed by atoms with van der Waals surface area (Å²) >= 11 is 0. The molecule has 3 rings (SSSR count). The van der Waals surface area contributed by atoms with Crippen LogP contribution in [0.5, 0.6) is 0 Å². The van der Waals surface area contributed by atoms with Crippen LogP contribution in [0.25, 0.3) is 0 Å². The Labute approximate surface area is 180 Å². The quantitative estimate of drug-likeness (QED) is 0.425. The molecule has 0 spiro atoms. The molecule has 0 N–H and O–H groups in total. The topological polar surface area (TPSA) is 0 Å². The van der Waals surface area contributed by atoms with E-state index in [0.717, 1.165) is 19.3 Å². The van der Waals surface area contributed by atoms with Gasteiger partial charge < -0.3 is 0 Å². The molecule has 0 heterocycles. The van der Waals surface area contributed by atoms with Gasteiger partial charge in [-0.15, -0.1) is 0 Å². The first-order valence-electron chi connectivity index (χ1n) is 11.7. The van der Waals surface area contributed by atoms with Gasteiger partial charge in [-0.25, -0.2) is 0 Å². The lowest BCUT2D eigenvalue weighted by molar-refractivity contribution is 0.678. The molecular weight excluding hydrogens is 348 g/mol. The molecule has 0 amide bonds. The van der Waals surface area contributed by atoms with Gasteiger partial charge in [0.1, 0.15) is 0 Å². The third kappa shape index (κ3) is 8.44. The normalized spacial score (nSPS) is 18.3. The van der Waals surface area contributed by atoms with Gasteiger partial charge in [-0.3, -0.25) is 0 Å². The summed E-state index contributed by atoms with van der Waals surface area (Å²) < 4.78 is 0. The Bertz CT molecular complexity index is 696. The fourth-order valence-corrected chi connectivity index (χ4v) is 3.68. The van der Waals surface area contributed by atoms with Gasteiger partial charge >= 0.3 is 0 Å². The van der Waals surface area contributed by atoms with Crippen LogP contribution >= 0.6 is 0 Å². The largest absolute Gasteiger partial charge is 0.0879 e. The van der Waals surface area contributed by atoms with Crippen LogP contribution in [0.3, 0.4) is 0 Å². The van der Waals surface area contributed by atoms with E-state index in [1.807, 2.05) is 13.8 Å². The second-order valence-electron chi connectivity index (χ2n) is 7.45. The molecule has 1 atom stereocenters. The number of rotatable bonds is 6. The molecule has 1 aromatic rings. The summed E-state index contributed by atoms with van der Waals surface area (Å²) in [7, 11) is 0. The number of benzene rings is 1. The molecule has 1 unspecified atom stereocenters. The van der Waals surface area contributed by atoms with Crippen LogP contribution in [0.4, 0.5) is 0 Å². The first-order valence-corrected chi connectivity index (χ1v) is 11.7. The number of hydrogen-bond donors (Lipinski definition) is 0. The van der Waals surface area contributed by atoms with Gasteiger partial charge in [0.05, 0.1) is 0 Å². The minimum Gasteiger partial charge on any atom is -0.0879 e. The van der Waals surface area contributed by atoms with E-state index in [2.05, 4.69) is 101 Å². The second-order valence-corrected chi connectivity index (χ2v) is 7.45. The molecule has 0 bridgehead atoms. The Morgan fingerprint density at radius 1 is 0.966 bits per heavy atom. The summed E-state index contributed by atoms with van der Waals surface area (Å²) in [6, 6.07) is 10.8. The Hall–Kier alpha value is -2.08. The highest BCUT2D eigenvalue weighted by Gasteiger charge is 2.21. The van der Waals surface area contributed by atoms with Crippen molar-refractivity contribution >= 4 is 0 Å². The van der Waals surface area contributed by atoms with E-state index >= 15 is 0 Å². The molecular formula is C29H42. The molecule has 2 aliphatic carbocycles. The van der Waals surface area contributed by atoms with E-state index in [1.54, 1.807) is 11.1 Å². The highest BCUT2D eigenvalue weighted by atomic mass is 14.3. The highest BCUT2D eigenvalue weighted by Crippen LogP contribution is 2.35. The lowest BCUT2D eigenvalue weighted by Crippen LogP contribution is -2.12. The zero-order chi connectivity index (χ0) is 21.5. The maximum atomic E-state index is 2.50. The monoisotopic (exact) mass is 390 g/mol. The maximum absolute atomic E-state index is 2.50. The lowest BCUT2D eigenvalue weighted by atomic mass is 9.79. The number of unbranched alkanes of at least 4 members (excludes halogenated alkanes) is 1. The van der Waals surface area contributed by atoms with Gasteiger partial charge in [0.2, 0.25) is 0 Å². The predicted molar refractivity (Wildman–Crippen MR) is 132 cm³/mol. The van der Waals surface area contributed by atoms with Crippen molar-refractivity contribution < 1.29 is 0 Å². The summed E-state index contributed by atoms with van der Waals surface area (Å²) in [4.78, 5) is 0. The Kier molecular flexibility index (Phi) is 12.8. The van der Waals surface area contributed by atoms with Gasteiger partial charge in [-0.1, -0.05) is 131 Å². The van der Waals surface area contributed by atoms with E-state index in [4.69, 9.17) is 0 Å². The van der Waals surface area contributed by atoms with Crippen molar-refractivity contribution in [2.75, 3.05) is 0 Å². The van der Waals surface area contributed by atoms with Gasteiger partial charge in [-0.05, 0) is 37.3 Å². The highest BCUT2D eigenvalue weighted by molar-refractivity contribution is 5.42. The van der Waals surface area contributed by atoms with Crippen molar-refractivity contribution in [2.45, 2.75) is 73.6 Å².